The van der Waals surface area contributed by atoms with Crippen molar-refractivity contribution in [3.63, 3.8) is 0 Å². The van der Waals surface area contributed by atoms with Gasteiger partial charge in [0.2, 0.25) is 5.91 Å². The number of hydrazone groups is 1. The molecule has 0 aliphatic heterocycles. The van der Waals surface area contributed by atoms with E-state index >= 15 is 0 Å². The van der Waals surface area contributed by atoms with Crippen molar-refractivity contribution in [3.8, 4) is 0 Å². The Morgan fingerprint density at radius 3 is 2.55 bits per heavy atom. The number of thiophene rings is 1. The van der Waals surface area contributed by atoms with Crippen molar-refractivity contribution in [3.05, 3.63) is 21.9 Å². The van der Waals surface area contributed by atoms with Crippen LogP contribution in [0.1, 0.15) is 68.5 Å². The zero-order valence-corrected chi connectivity index (χ0v) is 13.7. The number of nitrogens with zero attached hydrogens (tertiary/aromatic N) is 1. The highest BCUT2D eigenvalue weighted by atomic mass is 32.1. The minimum Gasteiger partial charge on any atom is -0.273 e. The Bertz CT molecular complexity index is 437. The molecular formula is C16H26N2OS. The normalized spacial score (nSPS) is 11.7. The smallest absolute Gasteiger partial charge is 0.240 e. The second kappa shape index (κ2) is 9.70. The lowest BCUT2D eigenvalue weighted by Crippen LogP contribution is -2.18. The van der Waals surface area contributed by atoms with E-state index in [2.05, 4.69) is 30.4 Å². The Morgan fingerprint density at radius 1 is 1.20 bits per heavy atom. The van der Waals surface area contributed by atoms with Gasteiger partial charge >= 0.3 is 0 Å². The zero-order chi connectivity index (χ0) is 14.8. The van der Waals surface area contributed by atoms with Gasteiger partial charge in [-0.05, 0) is 32.4 Å². The van der Waals surface area contributed by atoms with Gasteiger partial charge in [0, 0.05) is 11.3 Å². The lowest BCUT2D eigenvalue weighted by Gasteiger charge is -2.02. The summed E-state index contributed by atoms with van der Waals surface area (Å²) in [6.45, 7) is 6.21. The van der Waals surface area contributed by atoms with Crippen LogP contribution in [0.3, 0.4) is 0 Å². The molecule has 1 aromatic heterocycles. The van der Waals surface area contributed by atoms with Crippen molar-refractivity contribution in [2.24, 2.45) is 5.10 Å². The van der Waals surface area contributed by atoms with Crippen molar-refractivity contribution >= 4 is 23.0 Å². The number of unbranched alkanes of at least 4 members (excludes halogenated alkanes) is 5. The first-order chi connectivity index (χ1) is 9.63. The topological polar surface area (TPSA) is 41.5 Å². The van der Waals surface area contributed by atoms with Gasteiger partial charge in [-0.1, -0.05) is 39.0 Å². The summed E-state index contributed by atoms with van der Waals surface area (Å²) in [5.74, 6) is 0.0214. The molecule has 0 aliphatic rings. The van der Waals surface area contributed by atoms with E-state index in [1.54, 1.807) is 11.3 Å². The standard InChI is InChI=1S/C16H26N2OS/c1-4-5-6-7-8-9-10-16(19)18-17-14(3)15-12-11-13(2)20-15/h11-12H,4-10H2,1-3H3,(H,18,19). The monoisotopic (exact) mass is 294 g/mol. The largest absolute Gasteiger partial charge is 0.273 e. The first-order valence-corrected chi connectivity index (χ1v) is 8.35. The molecular weight excluding hydrogens is 268 g/mol. The second-order valence-electron chi connectivity index (χ2n) is 5.16. The average Bonchev–Trinajstić information content (AvgIpc) is 2.86. The number of hydrogen-bond donors (Lipinski definition) is 1. The van der Waals surface area contributed by atoms with Crippen LogP contribution in [-0.2, 0) is 4.79 Å². The summed E-state index contributed by atoms with van der Waals surface area (Å²) in [6.07, 6.45) is 7.76. The summed E-state index contributed by atoms with van der Waals surface area (Å²) in [6, 6.07) is 4.11. The van der Waals surface area contributed by atoms with Crippen molar-refractivity contribution in [1.82, 2.24) is 5.43 Å². The summed E-state index contributed by atoms with van der Waals surface area (Å²) in [5, 5.41) is 4.16. The van der Waals surface area contributed by atoms with Gasteiger partial charge in [0.05, 0.1) is 10.6 Å². The Morgan fingerprint density at radius 2 is 1.90 bits per heavy atom. The lowest BCUT2D eigenvalue weighted by molar-refractivity contribution is -0.121. The summed E-state index contributed by atoms with van der Waals surface area (Å²) < 4.78 is 0. The van der Waals surface area contributed by atoms with Gasteiger partial charge in [-0.15, -0.1) is 11.3 Å². The van der Waals surface area contributed by atoms with Crippen LogP contribution in [0.15, 0.2) is 17.2 Å². The highest BCUT2D eigenvalue weighted by Gasteiger charge is 2.03. The lowest BCUT2D eigenvalue weighted by atomic mass is 10.1. The fourth-order valence-corrected chi connectivity index (χ4v) is 2.76. The SMILES string of the molecule is CCCCCCCCC(=O)NN=C(C)c1ccc(C)s1. The molecule has 1 rings (SSSR count). The number of amides is 1. The van der Waals surface area contributed by atoms with E-state index in [1.165, 1.54) is 30.6 Å². The Kier molecular flexibility index (Phi) is 8.19. The third-order valence-corrected chi connectivity index (χ3v) is 4.31. The molecule has 1 amide bonds. The van der Waals surface area contributed by atoms with Crippen LogP contribution in [0, 0.1) is 6.92 Å². The quantitative estimate of drug-likeness (QED) is 0.402. The molecule has 3 nitrogen and oxygen atoms in total. The van der Waals surface area contributed by atoms with E-state index in [-0.39, 0.29) is 5.91 Å². The minimum atomic E-state index is 0.0214. The third kappa shape index (κ3) is 6.85. The van der Waals surface area contributed by atoms with Crippen molar-refractivity contribution in [2.75, 3.05) is 0 Å². The molecule has 1 aromatic rings. The van der Waals surface area contributed by atoms with Gasteiger partial charge in [-0.3, -0.25) is 4.79 Å². The first kappa shape index (κ1) is 16.9. The number of carbonyl (C=O) groups is 1. The molecule has 1 N–H and O–H groups in total. The number of nitrogens with one attached hydrogen (secondary N) is 1. The molecule has 20 heavy (non-hydrogen) atoms. The predicted octanol–water partition coefficient (Wildman–Crippen LogP) is 4.65. The maximum absolute atomic E-state index is 11.7. The van der Waals surface area contributed by atoms with Crippen LogP contribution in [0.5, 0.6) is 0 Å². The van der Waals surface area contributed by atoms with Gasteiger partial charge in [-0.2, -0.15) is 5.10 Å². The molecule has 0 spiro atoms. The molecule has 0 saturated carbocycles. The van der Waals surface area contributed by atoms with Crippen LogP contribution in [-0.4, -0.2) is 11.6 Å². The van der Waals surface area contributed by atoms with Crippen LogP contribution >= 0.6 is 11.3 Å². The first-order valence-electron chi connectivity index (χ1n) is 7.53. The number of carbonyl (C=O) groups excluding carboxylic acids is 1. The molecule has 0 saturated heterocycles. The molecule has 0 radical (unpaired) electrons. The molecule has 0 atom stereocenters. The van der Waals surface area contributed by atoms with Gasteiger partial charge < -0.3 is 0 Å². The zero-order valence-electron chi connectivity index (χ0n) is 12.9. The Labute approximate surface area is 126 Å². The molecule has 1 heterocycles. The van der Waals surface area contributed by atoms with Gasteiger partial charge in [0.1, 0.15) is 0 Å². The molecule has 0 fully saturated rings. The van der Waals surface area contributed by atoms with Crippen LogP contribution in [0.25, 0.3) is 0 Å². The van der Waals surface area contributed by atoms with Gasteiger partial charge in [-0.25, -0.2) is 5.43 Å². The highest BCUT2D eigenvalue weighted by molar-refractivity contribution is 7.14. The maximum Gasteiger partial charge on any atom is 0.240 e. The Balaban J connectivity index is 2.19. The summed E-state index contributed by atoms with van der Waals surface area (Å²) >= 11 is 1.69. The van der Waals surface area contributed by atoms with E-state index < -0.39 is 0 Å². The summed E-state index contributed by atoms with van der Waals surface area (Å²) in [7, 11) is 0. The van der Waals surface area contributed by atoms with E-state index in [1.807, 2.05) is 13.0 Å². The van der Waals surface area contributed by atoms with Crippen LogP contribution < -0.4 is 5.43 Å². The van der Waals surface area contributed by atoms with Crippen molar-refractivity contribution in [1.29, 1.82) is 0 Å². The van der Waals surface area contributed by atoms with E-state index in [0.717, 1.165) is 23.4 Å². The van der Waals surface area contributed by atoms with Crippen molar-refractivity contribution in [2.45, 2.75) is 65.7 Å². The minimum absolute atomic E-state index is 0.0214. The number of hydrogen-bond acceptors (Lipinski definition) is 3. The molecule has 0 unspecified atom stereocenters. The fraction of sp³-hybridized carbons (Fsp3) is 0.625. The van der Waals surface area contributed by atoms with E-state index in [9.17, 15) is 4.79 Å². The molecule has 0 aliphatic carbocycles. The number of rotatable bonds is 9. The average molecular weight is 294 g/mol. The second-order valence-corrected chi connectivity index (χ2v) is 6.45. The van der Waals surface area contributed by atoms with Crippen molar-refractivity contribution < 1.29 is 4.79 Å². The molecule has 0 aromatic carbocycles. The predicted molar refractivity (Wildman–Crippen MR) is 87.4 cm³/mol. The highest BCUT2D eigenvalue weighted by Crippen LogP contribution is 2.15. The maximum atomic E-state index is 11.7. The summed E-state index contributed by atoms with van der Waals surface area (Å²) in [4.78, 5) is 14.0. The van der Waals surface area contributed by atoms with E-state index in [0.29, 0.717) is 6.42 Å². The Hall–Kier alpha value is -1.16. The third-order valence-electron chi connectivity index (χ3n) is 3.20. The van der Waals surface area contributed by atoms with Crippen LogP contribution in [0.2, 0.25) is 0 Å². The molecule has 112 valence electrons. The fourth-order valence-electron chi connectivity index (χ4n) is 1.95. The van der Waals surface area contributed by atoms with Gasteiger partial charge in [0.15, 0.2) is 0 Å². The summed E-state index contributed by atoms with van der Waals surface area (Å²) in [5.41, 5.74) is 3.52. The van der Waals surface area contributed by atoms with E-state index in [4.69, 9.17) is 0 Å². The number of aryl methyl sites for hydroxylation is 1. The molecule has 0 bridgehead atoms. The molecule has 4 heteroatoms. The van der Waals surface area contributed by atoms with Gasteiger partial charge in [0.25, 0.3) is 0 Å². The van der Waals surface area contributed by atoms with Crippen LogP contribution in [0.4, 0.5) is 0 Å².